The first-order chi connectivity index (χ1) is 6.22. The highest BCUT2D eigenvalue weighted by Crippen LogP contribution is 2.36. The van der Waals surface area contributed by atoms with E-state index >= 15 is 0 Å². The fraction of sp³-hybridized carbons (Fsp3) is 0.111. The number of alkyl halides is 1. The number of rotatable bonds is 1. The number of thiophene rings is 1. The zero-order valence-electron chi connectivity index (χ0n) is 6.55. The fourth-order valence-electron chi connectivity index (χ4n) is 1.25. The summed E-state index contributed by atoms with van der Waals surface area (Å²) in [7, 11) is 0. The molecule has 1 N–H and O–H groups in total. The van der Waals surface area contributed by atoms with Gasteiger partial charge in [-0.1, -0.05) is 17.4 Å². The highest BCUT2D eigenvalue weighted by molar-refractivity contribution is 14.1. The molecule has 0 atom stereocenters. The number of benzene rings is 1. The van der Waals surface area contributed by atoms with Gasteiger partial charge in [0.25, 0.3) is 0 Å². The van der Waals surface area contributed by atoms with Gasteiger partial charge in [0.2, 0.25) is 0 Å². The molecule has 1 aromatic carbocycles. The number of hydrogen-bond donors (Lipinski definition) is 1. The fourth-order valence-corrected chi connectivity index (χ4v) is 3.13. The van der Waals surface area contributed by atoms with E-state index in [1.807, 2.05) is 12.1 Å². The van der Waals surface area contributed by atoms with Gasteiger partial charge in [-0.2, -0.15) is 0 Å². The van der Waals surface area contributed by atoms with Crippen molar-refractivity contribution in [3.63, 3.8) is 0 Å². The molecule has 68 valence electrons. The Labute approximate surface area is 98.5 Å². The van der Waals surface area contributed by atoms with Gasteiger partial charge < -0.3 is 5.11 Å². The van der Waals surface area contributed by atoms with Gasteiger partial charge in [0, 0.05) is 14.8 Å². The minimum Gasteiger partial charge on any atom is -0.499 e. The first-order valence-electron chi connectivity index (χ1n) is 3.68. The van der Waals surface area contributed by atoms with Crippen LogP contribution in [0.2, 0.25) is 0 Å². The average Bonchev–Trinajstić information content (AvgIpc) is 2.48. The largest absolute Gasteiger partial charge is 0.499 e. The molecule has 0 aliphatic carbocycles. The molecule has 0 saturated carbocycles. The van der Waals surface area contributed by atoms with E-state index in [1.165, 1.54) is 11.3 Å². The number of hydrogen-bond acceptors (Lipinski definition) is 2. The normalized spacial score (nSPS) is 10.9. The van der Waals surface area contributed by atoms with Crippen LogP contribution in [-0.4, -0.2) is 5.11 Å². The van der Waals surface area contributed by atoms with Gasteiger partial charge in [-0.15, -0.1) is 11.6 Å². The van der Waals surface area contributed by atoms with Crippen LogP contribution in [0.5, 0.6) is 5.06 Å². The maximum Gasteiger partial charge on any atom is 0.172 e. The van der Waals surface area contributed by atoms with Crippen LogP contribution in [0.15, 0.2) is 18.2 Å². The number of fused-ring (bicyclic) bond motifs is 1. The minimum atomic E-state index is 0.352. The summed E-state index contributed by atoms with van der Waals surface area (Å²) in [5, 5.41) is 10.8. The predicted molar refractivity (Wildman–Crippen MR) is 65.8 cm³/mol. The van der Waals surface area contributed by atoms with Crippen molar-refractivity contribution in [3.05, 3.63) is 27.3 Å². The van der Waals surface area contributed by atoms with Gasteiger partial charge in [-0.3, -0.25) is 0 Å². The topological polar surface area (TPSA) is 20.2 Å². The van der Waals surface area contributed by atoms with Crippen LogP contribution in [0.1, 0.15) is 5.56 Å². The lowest BCUT2D eigenvalue weighted by Gasteiger charge is -1.98. The Bertz CT molecular complexity index is 452. The Morgan fingerprint density at radius 3 is 2.92 bits per heavy atom. The lowest BCUT2D eigenvalue weighted by Crippen LogP contribution is -1.79. The molecule has 0 unspecified atom stereocenters. The lowest BCUT2D eigenvalue weighted by molar-refractivity contribution is 0.491. The summed E-state index contributed by atoms with van der Waals surface area (Å²) in [4.78, 5) is 0. The lowest BCUT2D eigenvalue weighted by atomic mass is 10.1. The summed E-state index contributed by atoms with van der Waals surface area (Å²) in [5.41, 5.74) is 1.08. The van der Waals surface area contributed by atoms with Gasteiger partial charge in [0.15, 0.2) is 5.06 Å². The predicted octanol–water partition coefficient (Wildman–Crippen LogP) is 3.95. The van der Waals surface area contributed by atoms with Crippen LogP contribution in [-0.2, 0) is 5.88 Å². The molecule has 0 aliphatic heterocycles. The van der Waals surface area contributed by atoms with E-state index < -0.39 is 0 Å². The Morgan fingerprint density at radius 1 is 1.46 bits per heavy atom. The van der Waals surface area contributed by atoms with Gasteiger partial charge in [0.1, 0.15) is 0 Å². The van der Waals surface area contributed by atoms with E-state index in [1.54, 1.807) is 6.07 Å². The maximum atomic E-state index is 9.37. The van der Waals surface area contributed by atoms with Crippen LogP contribution in [0.25, 0.3) is 10.1 Å². The molecule has 4 heteroatoms. The summed E-state index contributed by atoms with van der Waals surface area (Å²) in [5.74, 6) is 0.490. The molecule has 0 radical (unpaired) electrons. The van der Waals surface area contributed by atoms with Crippen LogP contribution in [0, 0.1) is 3.57 Å². The van der Waals surface area contributed by atoms with E-state index in [2.05, 4.69) is 22.6 Å². The molecular formula is C9H6ClIOS. The standard InChI is InChI=1S/C9H6ClIOS/c10-4-5-1-2-7(11)9-6(5)3-8(12)13-9/h1-3,12H,4H2. The third-order valence-electron chi connectivity index (χ3n) is 1.86. The molecule has 0 saturated heterocycles. The molecule has 0 aliphatic rings. The smallest absolute Gasteiger partial charge is 0.172 e. The van der Waals surface area contributed by atoms with E-state index in [4.69, 9.17) is 11.6 Å². The van der Waals surface area contributed by atoms with E-state index in [-0.39, 0.29) is 0 Å². The quantitative estimate of drug-likeness (QED) is 0.622. The molecule has 0 spiro atoms. The maximum absolute atomic E-state index is 9.37. The highest BCUT2D eigenvalue weighted by atomic mass is 127. The van der Waals surface area contributed by atoms with Gasteiger partial charge >= 0.3 is 0 Å². The second kappa shape index (κ2) is 3.63. The van der Waals surface area contributed by atoms with Crippen LogP contribution in [0.3, 0.4) is 0 Å². The third kappa shape index (κ3) is 1.65. The molecule has 1 nitrogen and oxygen atoms in total. The van der Waals surface area contributed by atoms with Gasteiger partial charge in [-0.25, -0.2) is 0 Å². The second-order valence-corrected chi connectivity index (χ2v) is 5.13. The van der Waals surface area contributed by atoms with E-state index in [9.17, 15) is 5.11 Å². The molecule has 2 rings (SSSR count). The molecule has 0 amide bonds. The summed E-state index contributed by atoms with van der Waals surface area (Å²) in [6.07, 6.45) is 0. The molecule has 1 aromatic heterocycles. The van der Waals surface area contributed by atoms with Crippen LogP contribution < -0.4 is 0 Å². The number of aromatic hydroxyl groups is 1. The summed E-state index contributed by atoms with van der Waals surface area (Å²) >= 11 is 9.45. The molecule has 13 heavy (non-hydrogen) atoms. The first kappa shape index (κ1) is 9.55. The average molecular weight is 325 g/mol. The first-order valence-corrected chi connectivity index (χ1v) is 6.11. The molecule has 0 bridgehead atoms. The molecule has 0 fully saturated rings. The molecule has 2 aromatic rings. The zero-order chi connectivity index (χ0) is 9.42. The summed E-state index contributed by atoms with van der Waals surface area (Å²) < 4.78 is 2.28. The van der Waals surface area contributed by atoms with Crippen molar-refractivity contribution in [2.45, 2.75) is 5.88 Å². The van der Waals surface area contributed by atoms with Crippen molar-refractivity contribution in [3.8, 4) is 5.06 Å². The van der Waals surface area contributed by atoms with Crippen molar-refractivity contribution in [2.24, 2.45) is 0 Å². The van der Waals surface area contributed by atoms with Gasteiger partial charge in [-0.05, 0) is 40.3 Å². The monoisotopic (exact) mass is 324 g/mol. The zero-order valence-corrected chi connectivity index (χ0v) is 10.3. The second-order valence-electron chi connectivity index (χ2n) is 2.67. The van der Waals surface area contributed by atoms with Crippen molar-refractivity contribution in [2.75, 3.05) is 0 Å². The summed E-state index contributed by atoms with van der Waals surface area (Å²) in [6, 6.07) is 5.81. The van der Waals surface area contributed by atoms with Gasteiger partial charge in [0.05, 0.1) is 4.70 Å². The van der Waals surface area contributed by atoms with Crippen molar-refractivity contribution >= 4 is 55.6 Å². The van der Waals surface area contributed by atoms with E-state index in [0.717, 1.165) is 19.2 Å². The Kier molecular flexibility index (Phi) is 2.67. The molecular weight excluding hydrogens is 319 g/mol. The third-order valence-corrected chi connectivity index (χ3v) is 4.38. The Morgan fingerprint density at radius 2 is 2.23 bits per heavy atom. The highest BCUT2D eigenvalue weighted by Gasteiger charge is 2.07. The van der Waals surface area contributed by atoms with Crippen molar-refractivity contribution in [1.82, 2.24) is 0 Å². The molecule has 1 heterocycles. The minimum absolute atomic E-state index is 0.352. The number of halogens is 2. The van der Waals surface area contributed by atoms with Crippen LogP contribution in [0.4, 0.5) is 0 Å². The van der Waals surface area contributed by atoms with Crippen molar-refractivity contribution in [1.29, 1.82) is 0 Å². The Hall–Kier alpha value is -0.0000000000000000833. The van der Waals surface area contributed by atoms with Crippen molar-refractivity contribution < 1.29 is 5.11 Å². The Balaban J connectivity index is 2.83. The van der Waals surface area contributed by atoms with E-state index in [0.29, 0.717) is 10.9 Å². The van der Waals surface area contributed by atoms with Crippen LogP contribution >= 0.6 is 45.5 Å². The summed E-state index contributed by atoms with van der Waals surface area (Å²) in [6.45, 7) is 0. The SMILES string of the molecule is Oc1cc2c(CCl)ccc(I)c2s1.